The molecule has 6 heteroatoms. The molecule has 1 atom stereocenters. The Bertz CT molecular complexity index is 711. The number of rotatable bonds is 5. The van der Waals surface area contributed by atoms with Crippen LogP contribution in [0.3, 0.4) is 0 Å². The number of aromatic nitrogens is 2. The van der Waals surface area contributed by atoms with E-state index < -0.39 is 0 Å². The van der Waals surface area contributed by atoms with Crippen LogP contribution in [-0.2, 0) is 6.54 Å². The van der Waals surface area contributed by atoms with E-state index in [1.807, 2.05) is 24.3 Å². The molecular formula is C15H14BrN3OS. The maximum Gasteiger partial charge on any atom is 0.248 e. The van der Waals surface area contributed by atoms with Crippen molar-refractivity contribution in [3.05, 3.63) is 57.0 Å². The number of nitrogens with one attached hydrogen (secondary N) is 1. The normalized spacial score (nSPS) is 12.5. The predicted molar refractivity (Wildman–Crippen MR) is 87.0 cm³/mol. The third-order valence-corrected chi connectivity index (χ3v) is 4.85. The molecule has 4 nitrogen and oxygen atoms in total. The van der Waals surface area contributed by atoms with Gasteiger partial charge in [-0.3, -0.25) is 0 Å². The van der Waals surface area contributed by atoms with E-state index in [9.17, 15) is 0 Å². The summed E-state index contributed by atoms with van der Waals surface area (Å²) in [6.07, 6.45) is 0. The van der Waals surface area contributed by atoms with E-state index in [-0.39, 0.29) is 6.04 Å². The van der Waals surface area contributed by atoms with Crippen LogP contribution in [0, 0.1) is 0 Å². The highest BCUT2D eigenvalue weighted by Gasteiger charge is 2.12. The van der Waals surface area contributed by atoms with Gasteiger partial charge in [-0.1, -0.05) is 18.2 Å². The number of benzene rings is 1. The Kier molecular flexibility index (Phi) is 4.48. The quantitative estimate of drug-likeness (QED) is 0.729. The second-order valence-corrected chi connectivity index (χ2v) is 6.43. The Morgan fingerprint density at radius 3 is 2.86 bits per heavy atom. The van der Waals surface area contributed by atoms with E-state index in [1.165, 1.54) is 4.88 Å². The van der Waals surface area contributed by atoms with Gasteiger partial charge >= 0.3 is 0 Å². The van der Waals surface area contributed by atoms with Crippen LogP contribution in [0.5, 0.6) is 0 Å². The van der Waals surface area contributed by atoms with Crippen LogP contribution < -0.4 is 5.32 Å². The molecule has 0 saturated carbocycles. The highest BCUT2D eigenvalue weighted by molar-refractivity contribution is 9.10. The fourth-order valence-electron chi connectivity index (χ4n) is 1.95. The minimum Gasteiger partial charge on any atom is -0.419 e. The van der Waals surface area contributed by atoms with E-state index in [2.05, 4.69) is 55.9 Å². The Morgan fingerprint density at radius 1 is 1.24 bits per heavy atom. The van der Waals surface area contributed by atoms with Gasteiger partial charge in [0.15, 0.2) is 0 Å². The predicted octanol–water partition coefficient (Wildman–Crippen LogP) is 4.41. The highest BCUT2D eigenvalue weighted by atomic mass is 79.9. The second kappa shape index (κ2) is 6.51. The average Bonchev–Trinajstić information content (AvgIpc) is 3.17. The van der Waals surface area contributed by atoms with Gasteiger partial charge in [0, 0.05) is 15.4 Å². The van der Waals surface area contributed by atoms with E-state index in [1.54, 1.807) is 11.3 Å². The van der Waals surface area contributed by atoms with Crippen molar-refractivity contribution in [2.45, 2.75) is 19.5 Å². The molecule has 0 saturated heterocycles. The van der Waals surface area contributed by atoms with Gasteiger partial charge in [0.25, 0.3) is 0 Å². The van der Waals surface area contributed by atoms with Crippen LogP contribution >= 0.6 is 27.3 Å². The summed E-state index contributed by atoms with van der Waals surface area (Å²) in [5, 5.41) is 13.7. The molecular weight excluding hydrogens is 350 g/mol. The van der Waals surface area contributed by atoms with Crippen molar-refractivity contribution >= 4 is 27.3 Å². The maximum absolute atomic E-state index is 5.71. The van der Waals surface area contributed by atoms with Gasteiger partial charge in [-0.05, 0) is 46.4 Å². The molecule has 0 spiro atoms. The Hall–Kier alpha value is -1.50. The molecule has 0 fully saturated rings. The van der Waals surface area contributed by atoms with Crippen LogP contribution in [0.4, 0.5) is 0 Å². The first kappa shape index (κ1) is 14.4. The first-order valence-electron chi connectivity index (χ1n) is 6.58. The second-order valence-electron chi connectivity index (χ2n) is 4.60. The zero-order valence-corrected chi connectivity index (χ0v) is 13.8. The lowest BCUT2D eigenvalue weighted by atomic mass is 10.2. The fourth-order valence-corrected chi connectivity index (χ4v) is 3.16. The molecule has 1 aromatic carbocycles. The number of nitrogens with zero attached hydrogens (tertiary/aromatic N) is 2. The minimum absolute atomic E-state index is 0.267. The van der Waals surface area contributed by atoms with Crippen molar-refractivity contribution in [2.75, 3.05) is 0 Å². The molecule has 108 valence electrons. The van der Waals surface area contributed by atoms with Gasteiger partial charge < -0.3 is 9.73 Å². The van der Waals surface area contributed by atoms with Crippen LogP contribution in [0.2, 0.25) is 0 Å². The SMILES string of the molecule is C[C@H](NCc1nnc(-c2ccccc2Br)o1)c1cccs1. The summed E-state index contributed by atoms with van der Waals surface area (Å²) in [4.78, 5) is 1.29. The topological polar surface area (TPSA) is 51.0 Å². The highest BCUT2D eigenvalue weighted by Crippen LogP contribution is 2.26. The van der Waals surface area contributed by atoms with E-state index in [0.717, 1.165) is 10.0 Å². The number of thiophene rings is 1. The lowest BCUT2D eigenvalue weighted by molar-refractivity contribution is 0.456. The monoisotopic (exact) mass is 363 g/mol. The van der Waals surface area contributed by atoms with Crippen molar-refractivity contribution in [3.63, 3.8) is 0 Å². The zero-order chi connectivity index (χ0) is 14.7. The number of hydrogen-bond acceptors (Lipinski definition) is 5. The van der Waals surface area contributed by atoms with Crippen molar-refractivity contribution in [1.29, 1.82) is 0 Å². The number of hydrogen-bond donors (Lipinski definition) is 1. The molecule has 3 aromatic rings. The lowest BCUT2D eigenvalue weighted by Gasteiger charge is -2.09. The summed E-state index contributed by atoms with van der Waals surface area (Å²) >= 11 is 5.22. The maximum atomic E-state index is 5.71. The minimum atomic E-state index is 0.267. The Labute approximate surface area is 135 Å². The summed E-state index contributed by atoms with van der Waals surface area (Å²) in [6, 6.07) is 12.2. The summed E-state index contributed by atoms with van der Waals surface area (Å²) < 4.78 is 6.65. The zero-order valence-electron chi connectivity index (χ0n) is 11.4. The van der Waals surface area contributed by atoms with Crippen molar-refractivity contribution in [3.8, 4) is 11.5 Å². The molecule has 3 rings (SSSR count). The molecule has 1 N–H and O–H groups in total. The van der Waals surface area contributed by atoms with Gasteiger partial charge in [-0.25, -0.2) is 0 Å². The van der Waals surface area contributed by atoms with Gasteiger partial charge in [0.1, 0.15) is 0 Å². The number of halogens is 1. The molecule has 0 bridgehead atoms. The van der Waals surface area contributed by atoms with Gasteiger partial charge in [0.2, 0.25) is 11.8 Å². The van der Waals surface area contributed by atoms with Gasteiger partial charge in [-0.15, -0.1) is 21.5 Å². The van der Waals surface area contributed by atoms with E-state index in [0.29, 0.717) is 18.3 Å². The molecule has 21 heavy (non-hydrogen) atoms. The molecule has 2 heterocycles. The van der Waals surface area contributed by atoms with Crippen LogP contribution in [0.25, 0.3) is 11.5 Å². The molecule has 0 aliphatic heterocycles. The smallest absolute Gasteiger partial charge is 0.248 e. The summed E-state index contributed by atoms with van der Waals surface area (Å²) in [5.41, 5.74) is 0.905. The summed E-state index contributed by atoms with van der Waals surface area (Å²) in [6.45, 7) is 2.67. The molecule has 2 aromatic heterocycles. The van der Waals surface area contributed by atoms with Gasteiger partial charge in [-0.2, -0.15) is 0 Å². The standard InChI is InChI=1S/C15H14BrN3OS/c1-10(13-7-4-8-21-13)17-9-14-18-19-15(20-14)11-5-2-3-6-12(11)16/h2-8,10,17H,9H2,1H3/t10-/m0/s1. The van der Waals surface area contributed by atoms with Gasteiger partial charge in [0.05, 0.1) is 12.1 Å². The molecule has 0 aliphatic carbocycles. The third kappa shape index (κ3) is 3.40. The summed E-state index contributed by atoms with van der Waals surface area (Å²) in [7, 11) is 0. The van der Waals surface area contributed by atoms with Crippen molar-refractivity contribution in [2.24, 2.45) is 0 Å². The molecule has 0 amide bonds. The molecule has 0 unspecified atom stereocenters. The first-order valence-corrected chi connectivity index (χ1v) is 8.25. The van der Waals surface area contributed by atoms with Crippen molar-refractivity contribution < 1.29 is 4.42 Å². The Balaban J connectivity index is 1.67. The fraction of sp³-hybridized carbons (Fsp3) is 0.200. The van der Waals surface area contributed by atoms with Crippen LogP contribution in [0.1, 0.15) is 23.7 Å². The van der Waals surface area contributed by atoms with E-state index in [4.69, 9.17) is 4.42 Å². The summed E-state index contributed by atoms with van der Waals surface area (Å²) in [5.74, 6) is 1.12. The van der Waals surface area contributed by atoms with Crippen LogP contribution in [-0.4, -0.2) is 10.2 Å². The van der Waals surface area contributed by atoms with E-state index >= 15 is 0 Å². The lowest BCUT2D eigenvalue weighted by Crippen LogP contribution is -2.17. The van der Waals surface area contributed by atoms with Crippen LogP contribution in [0.15, 0.2) is 50.7 Å². The van der Waals surface area contributed by atoms with Crippen molar-refractivity contribution in [1.82, 2.24) is 15.5 Å². The molecule has 0 radical (unpaired) electrons. The third-order valence-electron chi connectivity index (χ3n) is 3.10. The Morgan fingerprint density at radius 2 is 2.10 bits per heavy atom. The first-order chi connectivity index (χ1) is 10.2. The largest absolute Gasteiger partial charge is 0.419 e. The molecule has 0 aliphatic rings. The average molecular weight is 364 g/mol.